The van der Waals surface area contributed by atoms with E-state index >= 15 is 0 Å². The van der Waals surface area contributed by atoms with Gasteiger partial charge >= 0.3 is 5.97 Å². The van der Waals surface area contributed by atoms with Crippen LogP contribution in [0.15, 0.2) is 18.2 Å². The number of phenolic OH excluding ortho intramolecular Hbond substituents is 2. The number of carboxylic acid groups (broad SMARTS) is 1. The molecule has 1 aromatic carbocycles. The summed E-state index contributed by atoms with van der Waals surface area (Å²) >= 11 is 0. The number of aromatic hydroxyl groups is 2. The second kappa shape index (κ2) is 3.97. The third-order valence-electron chi connectivity index (χ3n) is 1.86. The molecule has 14 heavy (non-hydrogen) atoms. The number of para-hydroxylation sites is 1. The quantitative estimate of drug-likeness (QED) is 0.513. The van der Waals surface area contributed by atoms with Gasteiger partial charge in [0.25, 0.3) is 0 Å². The first-order valence-corrected chi connectivity index (χ1v) is 4.00. The predicted octanol–water partition coefficient (Wildman–Crippen LogP) is 0.0522. The lowest BCUT2D eigenvalue weighted by molar-refractivity contribution is -0.138. The van der Waals surface area contributed by atoms with Crippen molar-refractivity contribution in [2.24, 2.45) is 5.73 Å². The number of benzene rings is 1. The Morgan fingerprint density at radius 3 is 2.64 bits per heavy atom. The van der Waals surface area contributed by atoms with E-state index in [-0.39, 0.29) is 17.9 Å². The van der Waals surface area contributed by atoms with Crippen molar-refractivity contribution in [1.82, 2.24) is 0 Å². The Kier molecular flexibility index (Phi) is 2.93. The van der Waals surface area contributed by atoms with Gasteiger partial charge in [0.2, 0.25) is 0 Å². The Bertz CT molecular complexity index is 351. The lowest BCUT2D eigenvalue weighted by Gasteiger charge is -2.08. The van der Waals surface area contributed by atoms with Crippen LogP contribution < -0.4 is 5.73 Å². The van der Waals surface area contributed by atoms with Crippen LogP contribution in [0.3, 0.4) is 0 Å². The zero-order chi connectivity index (χ0) is 10.7. The summed E-state index contributed by atoms with van der Waals surface area (Å²) in [6.07, 6.45) is -0.0183. The molecule has 5 nitrogen and oxygen atoms in total. The van der Waals surface area contributed by atoms with Crippen molar-refractivity contribution in [3.63, 3.8) is 0 Å². The van der Waals surface area contributed by atoms with Gasteiger partial charge in [0.1, 0.15) is 6.04 Å². The van der Waals surface area contributed by atoms with Gasteiger partial charge in [0, 0.05) is 6.42 Å². The molecule has 0 radical (unpaired) electrons. The lowest BCUT2D eigenvalue weighted by atomic mass is 10.1. The molecular weight excluding hydrogens is 186 g/mol. The highest BCUT2D eigenvalue weighted by Crippen LogP contribution is 2.28. The van der Waals surface area contributed by atoms with E-state index in [1.807, 2.05) is 0 Å². The van der Waals surface area contributed by atoms with Crippen LogP contribution in [0.1, 0.15) is 5.56 Å². The highest BCUT2D eigenvalue weighted by atomic mass is 16.4. The Morgan fingerprint density at radius 2 is 2.07 bits per heavy atom. The zero-order valence-corrected chi connectivity index (χ0v) is 7.34. The minimum Gasteiger partial charge on any atom is -0.504 e. The summed E-state index contributed by atoms with van der Waals surface area (Å²) in [6, 6.07) is 3.25. The average Bonchev–Trinajstić information content (AvgIpc) is 2.12. The number of rotatable bonds is 3. The minimum absolute atomic E-state index is 0.0183. The van der Waals surface area contributed by atoms with Crippen LogP contribution in [-0.4, -0.2) is 27.3 Å². The molecule has 0 aliphatic rings. The van der Waals surface area contributed by atoms with E-state index in [4.69, 9.17) is 15.9 Å². The van der Waals surface area contributed by atoms with Gasteiger partial charge in [-0.05, 0) is 11.6 Å². The van der Waals surface area contributed by atoms with Crippen LogP contribution in [0.2, 0.25) is 0 Å². The summed E-state index contributed by atoms with van der Waals surface area (Å²) in [5.41, 5.74) is 5.59. The number of nitrogens with two attached hydrogens (primary N) is 1. The van der Waals surface area contributed by atoms with Gasteiger partial charge < -0.3 is 21.1 Å². The van der Waals surface area contributed by atoms with E-state index in [9.17, 15) is 9.90 Å². The number of carboxylic acids is 1. The summed E-state index contributed by atoms with van der Waals surface area (Å²) in [7, 11) is 0. The highest BCUT2D eigenvalue weighted by molar-refractivity contribution is 5.73. The third-order valence-corrected chi connectivity index (χ3v) is 1.86. The van der Waals surface area contributed by atoms with Crippen LogP contribution in [0.4, 0.5) is 0 Å². The molecule has 0 saturated carbocycles. The van der Waals surface area contributed by atoms with Gasteiger partial charge in [-0.1, -0.05) is 12.1 Å². The monoisotopic (exact) mass is 197 g/mol. The molecule has 0 aliphatic carbocycles. The molecule has 0 spiro atoms. The molecule has 5 heteroatoms. The Labute approximate surface area is 80.4 Å². The molecule has 1 atom stereocenters. The fourth-order valence-corrected chi connectivity index (χ4v) is 1.07. The first kappa shape index (κ1) is 10.3. The van der Waals surface area contributed by atoms with Crippen LogP contribution in [0.5, 0.6) is 11.5 Å². The first-order valence-electron chi connectivity index (χ1n) is 4.00. The van der Waals surface area contributed by atoms with Crippen LogP contribution in [0.25, 0.3) is 0 Å². The minimum atomic E-state index is -1.15. The largest absolute Gasteiger partial charge is 0.504 e. The van der Waals surface area contributed by atoms with E-state index in [2.05, 4.69) is 0 Å². The number of carbonyl (C=O) groups is 1. The molecule has 0 aliphatic heterocycles. The predicted molar refractivity (Wildman–Crippen MR) is 49.1 cm³/mol. The van der Waals surface area contributed by atoms with E-state index in [0.717, 1.165) is 0 Å². The Hall–Kier alpha value is -1.75. The van der Waals surface area contributed by atoms with Crippen molar-refractivity contribution < 1.29 is 20.1 Å². The van der Waals surface area contributed by atoms with Crippen molar-refractivity contribution in [2.45, 2.75) is 12.5 Å². The van der Waals surface area contributed by atoms with E-state index in [1.165, 1.54) is 18.2 Å². The SMILES string of the molecule is N[C@@H](Cc1cccc(O)c1O)C(=O)O. The van der Waals surface area contributed by atoms with Crippen molar-refractivity contribution in [3.8, 4) is 11.5 Å². The molecule has 1 aromatic rings. The molecule has 0 unspecified atom stereocenters. The van der Waals surface area contributed by atoms with Gasteiger partial charge in [-0.15, -0.1) is 0 Å². The van der Waals surface area contributed by atoms with Crippen LogP contribution >= 0.6 is 0 Å². The molecule has 1 rings (SSSR count). The summed E-state index contributed by atoms with van der Waals surface area (Å²) in [4.78, 5) is 10.4. The highest BCUT2D eigenvalue weighted by Gasteiger charge is 2.15. The standard InChI is InChI=1S/C9H11NO4/c10-6(9(13)14)4-5-2-1-3-7(11)8(5)12/h1-3,6,11-12H,4,10H2,(H,13,14)/t6-/m0/s1. The summed E-state index contributed by atoms with van der Waals surface area (Å²) in [6.45, 7) is 0. The number of phenols is 2. The number of aliphatic carboxylic acids is 1. The molecule has 0 bridgehead atoms. The molecule has 0 heterocycles. The van der Waals surface area contributed by atoms with Gasteiger partial charge in [0.15, 0.2) is 11.5 Å². The maximum absolute atomic E-state index is 10.4. The maximum Gasteiger partial charge on any atom is 0.320 e. The fraction of sp³-hybridized carbons (Fsp3) is 0.222. The molecule has 0 saturated heterocycles. The first-order chi connectivity index (χ1) is 6.52. The van der Waals surface area contributed by atoms with Crippen molar-refractivity contribution in [3.05, 3.63) is 23.8 Å². The lowest BCUT2D eigenvalue weighted by Crippen LogP contribution is -2.32. The Morgan fingerprint density at radius 1 is 1.43 bits per heavy atom. The van der Waals surface area contributed by atoms with Gasteiger partial charge in [0.05, 0.1) is 0 Å². The maximum atomic E-state index is 10.4. The molecular formula is C9H11NO4. The van der Waals surface area contributed by atoms with Crippen molar-refractivity contribution >= 4 is 5.97 Å². The van der Waals surface area contributed by atoms with Gasteiger partial charge in [-0.2, -0.15) is 0 Å². The average molecular weight is 197 g/mol. The molecule has 0 aromatic heterocycles. The third kappa shape index (κ3) is 2.14. The second-order valence-corrected chi connectivity index (χ2v) is 2.93. The normalized spacial score (nSPS) is 12.4. The van der Waals surface area contributed by atoms with E-state index in [1.54, 1.807) is 0 Å². The van der Waals surface area contributed by atoms with Gasteiger partial charge in [-0.3, -0.25) is 4.79 Å². The molecule has 0 fully saturated rings. The topological polar surface area (TPSA) is 104 Å². The van der Waals surface area contributed by atoms with Crippen LogP contribution in [0, 0.1) is 0 Å². The van der Waals surface area contributed by atoms with Gasteiger partial charge in [-0.25, -0.2) is 0 Å². The van der Waals surface area contributed by atoms with E-state index < -0.39 is 12.0 Å². The zero-order valence-electron chi connectivity index (χ0n) is 7.34. The molecule has 0 amide bonds. The van der Waals surface area contributed by atoms with Crippen molar-refractivity contribution in [1.29, 1.82) is 0 Å². The van der Waals surface area contributed by atoms with Crippen molar-refractivity contribution in [2.75, 3.05) is 0 Å². The number of hydrogen-bond donors (Lipinski definition) is 4. The molecule has 5 N–H and O–H groups in total. The second-order valence-electron chi connectivity index (χ2n) is 2.93. The fourth-order valence-electron chi connectivity index (χ4n) is 1.07. The summed E-state index contributed by atoms with van der Waals surface area (Å²) < 4.78 is 0. The smallest absolute Gasteiger partial charge is 0.320 e. The van der Waals surface area contributed by atoms with E-state index in [0.29, 0.717) is 5.56 Å². The summed E-state index contributed by atoms with van der Waals surface area (Å²) in [5, 5.41) is 27.0. The number of hydrogen-bond acceptors (Lipinski definition) is 4. The molecule has 76 valence electrons. The van der Waals surface area contributed by atoms with Crippen LogP contribution in [-0.2, 0) is 11.2 Å². The Balaban J connectivity index is 2.87. The summed E-state index contributed by atoms with van der Waals surface area (Å²) in [5.74, 6) is -1.74.